The number of primary amides is 1. The second kappa shape index (κ2) is 5.47. The number of carbonyl (C=O) groups excluding carboxylic acids is 1. The highest BCUT2D eigenvalue weighted by Gasteiger charge is 1.83. The first-order valence-electron chi connectivity index (χ1n) is 3.40. The van der Waals surface area contributed by atoms with Crippen LogP contribution in [0, 0.1) is 13.8 Å². The topological polar surface area (TPSA) is 43.1 Å². The third kappa shape index (κ3) is 4.14. The fourth-order valence-electron chi connectivity index (χ4n) is 0.663. The lowest BCUT2D eigenvalue weighted by atomic mass is 10.1. The number of benzene rings is 1. The molecular weight excluding hydrogens is 138 g/mol. The van der Waals surface area contributed by atoms with Gasteiger partial charge < -0.3 is 5.73 Å². The molecule has 0 unspecified atom stereocenters. The summed E-state index contributed by atoms with van der Waals surface area (Å²) >= 11 is 0. The van der Waals surface area contributed by atoms with Crippen molar-refractivity contribution < 1.29 is 4.79 Å². The van der Waals surface area contributed by atoms with E-state index < -0.39 is 0 Å². The van der Waals surface area contributed by atoms with Crippen molar-refractivity contribution in [2.24, 2.45) is 5.73 Å². The van der Waals surface area contributed by atoms with E-state index in [4.69, 9.17) is 4.79 Å². The summed E-state index contributed by atoms with van der Waals surface area (Å²) in [5, 5.41) is 0. The molecule has 0 heterocycles. The molecule has 1 aromatic carbocycles. The van der Waals surface area contributed by atoms with Crippen LogP contribution in [0.25, 0.3) is 0 Å². The first kappa shape index (κ1) is 9.69. The van der Waals surface area contributed by atoms with E-state index in [1.54, 1.807) is 0 Å². The average Bonchev–Trinajstić information content (AvgIpc) is 1.97. The largest absolute Gasteiger partial charge is 0.372 e. The molecule has 0 saturated carbocycles. The molecule has 2 N–H and O–H groups in total. The minimum absolute atomic E-state index is 0.250. The minimum Gasteiger partial charge on any atom is -0.372 e. The molecule has 0 aliphatic heterocycles. The monoisotopic (exact) mass is 151 g/mol. The number of carbonyl (C=O) groups is 1. The third-order valence-electron chi connectivity index (χ3n) is 1.43. The average molecular weight is 151 g/mol. The van der Waals surface area contributed by atoms with Gasteiger partial charge in [0.25, 0.3) is 0 Å². The molecule has 0 bridgehead atoms. The van der Waals surface area contributed by atoms with Gasteiger partial charge in [0.05, 0.1) is 0 Å². The molecule has 2 heteroatoms. The first-order valence-corrected chi connectivity index (χ1v) is 3.40. The van der Waals surface area contributed by atoms with Gasteiger partial charge in [-0.15, -0.1) is 0 Å². The van der Waals surface area contributed by atoms with E-state index in [0.717, 1.165) is 0 Å². The van der Waals surface area contributed by atoms with Gasteiger partial charge in [-0.1, -0.05) is 24.3 Å². The van der Waals surface area contributed by atoms with Crippen molar-refractivity contribution in [3.8, 4) is 0 Å². The van der Waals surface area contributed by atoms with Crippen LogP contribution >= 0.6 is 0 Å². The number of aryl methyl sites for hydroxylation is 2. The van der Waals surface area contributed by atoms with E-state index in [9.17, 15) is 0 Å². The maximum Gasteiger partial charge on any atom is 0.204 e. The van der Waals surface area contributed by atoms with Crippen LogP contribution in [0.3, 0.4) is 0 Å². The van der Waals surface area contributed by atoms with Crippen molar-refractivity contribution in [2.45, 2.75) is 13.8 Å². The van der Waals surface area contributed by atoms with Crippen LogP contribution in [-0.2, 0) is 4.79 Å². The Hall–Kier alpha value is -1.31. The number of hydrogen-bond donors (Lipinski definition) is 1. The lowest BCUT2D eigenvalue weighted by Gasteiger charge is -1.93. The fourth-order valence-corrected chi connectivity index (χ4v) is 0.663. The van der Waals surface area contributed by atoms with Crippen LogP contribution < -0.4 is 5.73 Å². The lowest BCUT2D eigenvalue weighted by Crippen LogP contribution is -1.82. The number of amides is 1. The summed E-state index contributed by atoms with van der Waals surface area (Å²) in [5.41, 5.74) is 6.90. The van der Waals surface area contributed by atoms with Gasteiger partial charge in [0.2, 0.25) is 6.41 Å². The fraction of sp³-hybridized carbons (Fsp3) is 0.222. The van der Waals surface area contributed by atoms with E-state index >= 15 is 0 Å². The Morgan fingerprint density at radius 2 is 1.45 bits per heavy atom. The van der Waals surface area contributed by atoms with Gasteiger partial charge in [-0.25, -0.2) is 0 Å². The maximum atomic E-state index is 8.58. The van der Waals surface area contributed by atoms with Crippen LogP contribution in [0.15, 0.2) is 24.3 Å². The number of hydrogen-bond acceptors (Lipinski definition) is 1. The van der Waals surface area contributed by atoms with Crippen LogP contribution in [-0.4, -0.2) is 6.41 Å². The van der Waals surface area contributed by atoms with Crippen molar-refractivity contribution in [2.75, 3.05) is 0 Å². The Bertz CT molecular complexity index is 200. The Balaban J connectivity index is 0.000000292. The molecule has 1 amide bonds. The van der Waals surface area contributed by atoms with E-state index in [2.05, 4.69) is 43.8 Å². The molecule has 1 aromatic rings. The molecule has 0 spiro atoms. The van der Waals surface area contributed by atoms with Gasteiger partial charge in [0.15, 0.2) is 0 Å². The highest BCUT2D eigenvalue weighted by molar-refractivity contribution is 5.42. The maximum absolute atomic E-state index is 8.58. The van der Waals surface area contributed by atoms with E-state index in [0.29, 0.717) is 0 Å². The van der Waals surface area contributed by atoms with E-state index in [1.807, 2.05) is 0 Å². The Morgan fingerprint density at radius 3 is 1.64 bits per heavy atom. The van der Waals surface area contributed by atoms with Gasteiger partial charge in [-0.3, -0.25) is 4.79 Å². The zero-order valence-corrected chi connectivity index (χ0v) is 6.87. The van der Waals surface area contributed by atoms with Crippen LogP contribution in [0.1, 0.15) is 11.1 Å². The normalized spacial score (nSPS) is 7.82. The van der Waals surface area contributed by atoms with Gasteiger partial charge >= 0.3 is 0 Å². The molecule has 0 radical (unpaired) electrons. The predicted molar refractivity (Wildman–Crippen MR) is 46.2 cm³/mol. The van der Waals surface area contributed by atoms with Crippen LogP contribution in [0.2, 0.25) is 0 Å². The second-order valence-electron chi connectivity index (χ2n) is 2.22. The third-order valence-corrected chi connectivity index (χ3v) is 1.43. The summed E-state index contributed by atoms with van der Waals surface area (Å²) in [6.07, 6.45) is 0.250. The number of rotatable bonds is 0. The zero-order chi connectivity index (χ0) is 8.69. The summed E-state index contributed by atoms with van der Waals surface area (Å²) < 4.78 is 0. The molecule has 2 nitrogen and oxygen atoms in total. The van der Waals surface area contributed by atoms with Gasteiger partial charge in [0.1, 0.15) is 0 Å². The standard InChI is InChI=1S/C8H10.CH3NO/c1-7-5-3-4-6-8(7)2;2-1-3/h3-6H,1-2H3;1H,(H2,2,3). The minimum atomic E-state index is 0.250. The van der Waals surface area contributed by atoms with Crippen molar-refractivity contribution in [1.29, 1.82) is 0 Å². The smallest absolute Gasteiger partial charge is 0.204 e. The molecule has 0 aromatic heterocycles. The zero-order valence-electron chi connectivity index (χ0n) is 6.87. The van der Waals surface area contributed by atoms with E-state index in [-0.39, 0.29) is 6.41 Å². The Labute approximate surface area is 67.0 Å². The van der Waals surface area contributed by atoms with E-state index in [1.165, 1.54) is 11.1 Å². The molecule has 11 heavy (non-hydrogen) atoms. The quantitative estimate of drug-likeness (QED) is 0.560. The molecule has 1 rings (SSSR count). The van der Waals surface area contributed by atoms with Crippen LogP contribution in [0.4, 0.5) is 0 Å². The summed E-state index contributed by atoms with van der Waals surface area (Å²) in [6, 6.07) is 8.36. The molecular formula is C9H13NO. The van der Waals surface area contributed by atoms with Gasteiger partial charge in [0, 0.05) is 0 Å². The Kier molecular flexibility index (Phi) is 4.82. The van der Waals surface area contributed by atoms with Gasteiger partial charge in [-0.2, -0.15) is 0 Å². The van der Waals surface area contributed by atoms with Crippen molar-refractivity contribution in [3.63, 3.8) is 0 Å². The molecule has 60 valence electrons. The summed E-state index contributed by atoms with van der Waals surface area (Å²) in [6.45, 7) is 4.24. The summed E-state index contributed by atoms with van der Waals surface area (Å²) in [7, 11) is 0. The number of nitrogens with two attached hydrogens (primary N) is 1. The highest BCUT2D eigenvalue weighted by Crippen LogP contribution is 2.02. The first-order chi connectivity index (χ1) is 5.22. The van der Waals surface area contributed by atoms with Crippen molar-refractivity contribution >= 4 is 6.41 Å². The molecule has 0 atom stereocenters. The van der Waals surface area contributed by atoms with Crippen molar-refractivity contribution in [1.82, 2.24) is 0 Å². The second-order valence-corrected chi connectivity index (χ2v) is 2.22. The summed E-state index contributed by atoms with van der Waals surface area (Å²) in [4.78, 5) is 8.58. The molecule has 0 aliphatic rings. The predicted octanol–water partition coefficient (Wildman–Crippen LogP) is 1.40. The highest BCUT2D eigenvalue weighted by atomic mass is 16.1. The lowest BCUT2D eigenvalue weighted by molar-refractivity contribution is -0.106. The molecule has 0 fully saturated rings. The van der Waals surface area contributed by atoms with Gasteiger partial charge in [-0.05, 0) is 25.0 Å². The molecule has 0 aliphatic carbocycles. The summed E-state index contributed by atoms with van der Waals surface area (Å²) in [5.74, 6) is 0. The molecule has 0 saturated heterocycles. The SMILES string of the molecule is Cc1ccccc1C.NC=O. The van der Waals surface area contributed by atoms with Crippen molar-refractivity contribution in [3.05, 3.63) is 35.4 Å². The van der Waals surface area contributed by atoms with Crippen LogP contribution in [0.5, 0.6) is 0 Å². The Morgan fingerprint density at radius 1 is 1.18 bits per heavy atom.